The van der Waals surface area contributed by atoms with Gasteiger partial charge in [-0.15, -0.1) is 0 Å². The SMILES string of the molecule is CC(NC(=O)C(=O)N1CCCCC1)c1ccccc1. The molecule has 102 valence electrons. The van der Waals surface area contributed by atoms with Crippen LogP contribution >= 0.6 is 0 Å². The van der Waals surface area contributed by atoms with Crippen molar-refractivity contribution in [3.05, 3.63) is 35.9 Å². The number of benzene rings is 1. The highest BCUT2D eigenvalue weighted by atomic mass is 16.2. The highest BCUT2D eigenvalue weighted by molar-refractivity contribution is 6.35. The van der Waals surface area contributed by atoms with Crippen molar-refractivity contribution < 1.29 is 9.59 Å². The Morgan fingerprint density at radius 2 is 1.74 bits per heavy atom. The average molecular weight is 260 g/mol. The first kappa shape index (κ1) is 13.6. The molecule has 1 aromatic carbocycles. The van der Waals surface area contributed by atoms with E-state index in [0.717, 1.165) is 24.8 Å². The molecule has 2 amide bonds. The van der Waals surface area contributed by atoms with E-state index in [1.807, 2.05) is 37.3 Å². The molecule has 2 rings (SSSR count). The number of hydrogen-bond acceptors (Lipinski definition) is 2. The Morgan fingerprint density at radius 3 is 2.37 bits per heavy atom. The number of carbonyl (C=O) groups excluding carboxylic acids is 2. The quantitative estimate of drug-likeness (QED) is 0.825. The predicted octanol–water partition coefficient (Wildman–Crippen LogP) is 1.88. The number of hydrogen-bond donors (Lipinski definition) is 1. The summed E-state index contributed by atoms with van der Waals surface area (Å²) < 4.78 is 0. The van der Waals surface area contributed by atoms with E-state index in [1.165, 1.54) is 0 Å². The average Bonchev–Trinajstić information content (AvgIpc) is 2.48. The lowest BCUT2D eigenvalue weighted by atomic mass is 10.1. The molecule has 1 saturated heterocycles. The minimum absolute atomic E-state index is 0.151. The van der Waals surface area contributed by atoms with Gasteiger partial charge in [0.15, 0.2) is 0 Å². The van der Waals surface area contributed by atoms with Crippen molar-refractivity contribution in [1.29, 1.82) is 0 Å². The van der Waals surface area contributed by atoms with Gasteiger partial charge in [0.25, 0.3) is 0 Å². The van der Waals surface area contributed by atoms with E-state index in [0.29, 0.717) is 13.1 Å². The fraction of sp³-hybridized carbons (Fsp3) is 0.467. The molecule has 0 saturated carbocycles. The van der Waals surface area contributed by atoms with Crippen molar-refractivity contribution >= 4 is 11.8 Å². The zero-order valence-electron chi connectivity index (χ0n) is 11.3. The van der Waals surface area contributed by atoms with Crippen molar-refractivity contribution in [3.8, 4) is 0 Å². The molecule has 1 unspecified atom stereocenters. The third kappa shape index (κ3) is 3.56. The second-order valence-corrected chi connectivity index (χ2v) is 4.96. The topological polar surface area (TPSA) is 49.4 Å². The number of likely N-dealkylation sites (tertiary alicyclic amines) is 1. The van der Waals surface area contributed by atoms with E-state index >= 15 is 0 Å². The Balaban J connectivity index is 1.91. The summed E-state index contributed by atoms with van der Waals surface area (Å²) in [6.45, 7) is 3.29. The zero-order chi connectivity index (χ0) is 13.7. The van der Waals surface area contributed by atoms with Crippen molar-refractivity contribution in [1.82, 2.24) is 10.2 Å². The van der Waals surface area contributed by atoms with Gasteiger partial charge in [0.1, 0.15) is 0 Å². The van der Waals surface area contributed by atoms with Gasteiger partial charge >= 0.3 is 11.8 Å². The van der Waals surface area contributed by atoms with E-state index in [4.69, 9.17) is 0 Å². The van der Waals surface area contributed by atoms with Crippen LogP contribution in [0.25, 0.3) is 0 Å². The van der Waals surface area contributed by atoms with Crippen LogP contribution in [0.4, 0.5) is 0 Å². The molecule has 19 heavy (non-hydrogen) atoms. The molecule has 4 heteroatoms. The maximum Gasteiger partial charge on any atom is 0.311 e. The zero-order valence-corrected chi connectivity index (χ0v) is 11.3. The highest BCUT2D eigenvalue weighted by Crippen LogP contribution is 2.12. The Labute approximate surface area is 113 Å². The largest absolute Gasteiger partial charge is 0.341 e. The lowest BCUT2D eigenvalue weighted by molar-refractivity contribution is -0.146. The Kier molecular flexibility index (Phi) is 4.55. The number of nitrogens with zero attached hydrogens (tertiary/aromatic N) is 1. The number of amides is 2. The standard InChI is InChI=1S/C15H20N2O2/c1-12(13-8-4-2-5-9-13)16-14(18)15(19)17-10-6-3-7-11-17/h2,4-5,8-9,12H,3,6-7,10-11H2,1H3,(H,16,18). The summed E-state index contributed by atoms with van der Waals surface area (Å²) in [5.41, 5.74) is 1.00. The monoisotopic (exact) mass is 260 g/mol. The van der Waals surface area contributed by atoms with Crippen LogP contribution < -0.4 is 5.32 Å². The van der Waals surface area contributed by atoms with Crippen LogP contribution in [0.15, 0.2) is 30.3 Å². The first-order valence-electron chi connectivity index (χ1n) is 6.83. The molecule has 1 aromatic rings. The third-order valence-corrected chi connectivity index (χ3v) is 3.48. The molecule has 4 nitrogen and oxygen atoms in total. The Hall–Kier alpha value is -1.84. The minimum atomic E-state index is -0.502. The molecule has 0 spiro atoms. The number of piperidine rings is 1. The smallest absolute Gasteiger partial charge is 0.311 e. The van der Waals surface area contributed by atoms with Crippen LogP contribution in [0.5, 0.6) is 0 Å². The number of carbonyl (C=O) groups is 2. The van der Waals surface area contributed by atoms with E-state index in [-0.39, 0.29) is 6.04 Å². The summed E-state index contributed by atoms with van der Waals surface area (Å²) in [6.07, 6.45) is 3.13. The van der Waals surface area contributed by atoms with Gasteiger partial charge in [0.05, 0.1) is 6.04 Å². The molecular formula is C15H20N2O2. The van der Waals surface area contributed by atoms with Gasteiger partial charge in [0, 0.05) is 13.1 Å². The van der Waals surface area contributed by atoms with Gasteiger partial charge in [-0.2, -0.15) is 0 Å². The normalized spacial score (nSPS) is 16.8. The van der Waals surface area contributed by atoms with Crippen LogP contribution in [0.1, 0.15) is 37.8 Å². The molecule has 1 aliphatic rings. The van der Waals surface area contributed by atoms with Crippen molar-refractivity contribution in [2.24, 2.45) is 0 Å². The molecule has 0 aliphatic carbocycles. The Morgan fingerprint density at radius 1 is 1.11 bits per heavy atom. The van der Waals surface area contributed by atoms with Crippen LogP contribution in [0, 0.1) is 0 Å². The fourth-order valence-corrected chi connectivity index (χ4v) is 2.32. The molecule has 1 atom stereocenters. The molecule has 1 aliphatic heterocycles. The van der Waals surface area contributed by atoms with E-state index in [2.05, 4.69) is 5.32 Å². The molecule has 0 bridgehead atoms. The predicted molar refractivity (Wildman–Crippen MR) is 73.4 cm³/mol. The van der Waals surface area contributed by atoms with Crippen LogP contribution in [0.3, 0.4) is 0 Å². The van der Waals surface area contributed by atoms with Gasteiger partial charge < -0.3 is 10.2 Å². The van der Waals surface area contributed by atoms with E-state index in [1.54, 1.807) is 4.90 Å². The number of nitrogens with one attached hydrogen (secondary N) is 1. The van der Waals surface area contributed by atoms with Gasteiger partial charge in [0.2, 0.25) is 0 Å². The van der Waals surface area contributed by atoms with Gasteiger partial charge in [-0.1, -0.05) is 30.3 Å². The molecule has 0 radical (unpaired) electrons. The van der Waals surface area contributed by atoms with Crippen LogP contribution in [-0.4, -0.2) is 29.8 Å². The highest BCUT2D eigenvalue weighted by Gasteiger charge is 2.24. The molecule has 1 N–H and O–H groups in total. The molecular weight excluding hydrogens is 240 g/mol. The van der Waals surface area contributed by atoms with E-state index < -0.39 is 11.8 Å². The summed E-state index contributed by atoms with van der Waals surface area (Å²) in [5, 5.41) is 2.76. The summed E-state index contributed by atoms with van der Waals surface area (Å²) in [5.74, 6) is -0.902. The molecule has 0 aromatic heterocycles. The molecule has 1 heterocycles. The minimum Gasteiger partial charge on any atom is -0.341 e. The summed E-state index contributed by atoms with van der Waals surface area (Å²) in [6, 6.07) is 9.50. The van der Waals surface area contributed by atoms with Gasteiger partial charge in [-0.05, 0) is 31.7 Å². The lowest BCUT2D eigenvalue weighted by Gasteiger charge is -2.26. The summed E-state index contributed by atoms with van der Waals surface area (Å²) in [7, 11) is 0. The summed E-state index contributed by atoms with van der Waals surface area (Å²) in [4.78, 5) is 25.6. The fourth-order valence-electron chi connectivity index (χ4n) is 2.32. The Bertz CT molecular complexity index is 439. The van der Waals surface area contributed by atoms with Crippen LogP contribution in [0.2, 0.25) is 0 Å². The van der Waals surface area contributed by atoms with Crippen molar-refractivity contribution in [2.45, 2.75) is 32.2 Å². The number of rotatable bonds is 2. The summed E-state index contributed by atoms with van der Waals surface area (Å²) >= 11 is 0. The second-order valence-electron chi connectivity index (χ2n) is 4.96. The maximum absolute atomic E-state index is 12.0. The third-order valence-electron chi connectivity index (χ3n) is 3.48. The van der Waals surface area contributed by atoms with Crippen LogP contribution in [-0.2, 0) is 9.59 Å². The maximum atomic E-state index is 12.0. The van der Waals surface area contributed by atoms with Gasteiger partial charge in [-0.25, -0.2) is 0 Å². The lowest BCUT2D eigenvalue weighted by Crippen LogP contribution is -2.45. The molecule has 1 fully saturated rings. The van der Waals surface area contributed by atoms with Gasteiger partial charge in [-0.3, -0.25) is 9.59 Å². The van der Waals surface area contributed by atoms with E-state index in [9.17, 15) is 9.59 Å². The van der Waals surface area contributed by atoms with Crippen molar-refractivity contribution in [2.75, 3.05) is 13.1 Å². The van der Waals surface area contributed by atoms with Crippen molar-refractivity contribution in [3.63, 3.8) is 0 Å². The second kappa shape index (κ2) is 6.36. The first-order chi connectivity index (χ1) is 9.18. The first-order valence-corrected chi connectivity index (χ1v) is 6.83.